The summed E-state index contributed by atoms with van der Waals surface area (Å²) in [5, 5.41) is 3.70. The molecule has 0 radical (unpaired) electrons. The second-order valence-corrected chi connectivity index (χ2v) is 5.65. The van der Waals surface area contributed by atoms with E-state index in [2.05, 4.69) is 29.1 Å². The van der Waals surface area contributed by atoms with Gasteiger partial charge in [0.1, 0.15) is 0 Å². The molecule has 0 unspecified atom stereocenters. The summed E-state index contributed by atoms with van der Waals surface area (Å²) >= 11 is 6.07. The normalized spacial score (nSPS) is 11.7. The van der Waals surface area contributed by atoms with Gasteiger partial charge in [0.25, 0.3) is 0 Å². The van der Waals surface area contributed by atoms with Crippen molar-refractivity contribution in [2.75, 3.05) is 25.6 Å². The van der Waals surface area contributed by atoms with Gasteiger partial charge in [-0.05, 0) is 25.7 Å². The van der Waals surface area contributed by atoms with Gasteiger partial charge >= 0.3 is 0 Å². The fraction of sp³-hybridized carbons (Fsp3) is 0.692. The molecule has 0 saturated carbocycles. The highest BCUT2D eigenvalue weighted by Gasteiger charge is 2.18. The molecule has 0 saturated heterocycles. The zero-order valence-electron chi connectivity index (χ0n) is 11.8. The molecule has 5 heteroatoms. The van der Waals surface area contributed by atoms with Crippen molar-refractivity contribution in [3.63, 3.8) is 0 Å². The number of hydrogen-bond acceptors (Lipinski definition) is 4. The van der Waals surface area contributed by atoms with E-state index < -0.39 is 0 Å². The highest BCUT2D eigenvalue weighted by atomic mass is 35.5. The topological polar surface area (TPSA) is 47.0 Å². The van der Waals surface area contributed by atoms with Crippen LogP contribution in [-0.4, -0.2) is 30.2 Å². The van der Waals surface area contributed by atoms with Crippen molar-refractivity contribution in [3.8, 4) is 0 Å². The minimum absolute atomic E-state index is 0.125. The Bertz CT molecular complexity index is 407. The zero-order chi connectivity index (χ0) is 13.8. The first kappa shape index (κ1) is 15.2. The molecule has 0 fully saturated rings. The second kappa shape index (κ2) is 6.34. The van der Waals surface area contributed by atoms with E-state index in [0.717, 1.165) is 31.0 Å². The van der Waals surface area contributed by atoms with E-state index in [1.807, 2.05) is 13.8 Å². The molecule has 4 nitrogen and oxygen atoms in total. The first-order valence-electron chi connectivity index (χ1n) is 6.09. The molecule has 0 aliphatic heterocycles. The average molecular weight is 272 g/mol. The van der Waals surface area contributed by atoms with E-state index in [1.165, 1.54) is 0 Å². The van der Waals surface area contributed by atoms with Gasteiger partial charge < -0.3 is 10.1 Å². The van der Waals surface area contributed by atoms with Crippen molar-refractivity contribution in [2.24, 2.45) is 5.41 Å². The van der Waals surface area contributed by atoms with Crippen LogP contribution < -0.4 is 5.32 Å². The summed E-state index contributed by atoms with van der Waals surface area (Å²) in [6.07, 6.45) is 0.979. The van der Waals surface area contributed by atoms with Crippen molar-refractivity contribution in [2.45, 2.75) is 34.1 Å². The predicted molar refractivity (Wildman–Crippen MR) is 75.3 cm³/mol. The zero-order valence-corrected chi connectivity index (χ0v) is 12.6. The SMILES string of the molecule is COCCC(C)(C)CNc1nc(C)c(C)nc1Cl. The van der Waals surface area contributed by atoms with Crippen molar-refractivity contribution in [3.05, 3.63) is 16.5 Å². The lowest BCUT2D eigenvalue weighted by Crippen LogP contribution is -2.25. The van der Waals surface area contributed by atoms with Crippen LogP contribution in [-0.2, 0) is 4.74 Å². The Morgan fingerprint density at radius 2 is 1.83 bits per heavy atom. The summed E-state index contributed by atoms with van der Waals surface area (Å²) in [6.45, 7) is 9.73. The maximum absolute atomic E-state index is 6.07. The van der Waals surface area contributed by atoms with Gasteiger partial charge in [0.05, 0.1) is 11.4 Å². The molecule has 1 N–H and O–H groups in total. The summed E-state index contributed by atoms with van der Waals surface area (Å²) < 4.78 is 5.11. The minimum atomic E-state index is 0.125. The molecule has 1 aromatic rings. The Morgan fingerprint density at radius 3 is 2.44 bits per heavy atom. The first-order chi connectivity index (χ1) is 8.35. The van der Waals surface area contributed by atoms with Crippen LogP contribution in [0.25, 0.3) is 0 Å². The summed E-state index contributed by atoms with van der Waals surface area (Å²) in [4.78, 5) is 8.67. The number of rotatable bonds is 6. The Balaban J connectivity index is 2.66. The molecule has 1 heterocycles. The third-order valence-electron chi connectivity index (χ3n) is 2.98. The van der Waals surface area contributed by atoms with E-state index >= 15 is 0 Å². The summed E-state index contributed by atoms with van der Waals surface area (Å²) in [6, 6.07) is 0. The van der Waals surface area contributed by atoms with Gasteiger partial charge in [-0.3, -0.25) is 0 Å². The molecule has 0 atom stereocenters. The third kappa shape index (κ3) is 4.42. The minimum Gasteiger partial charge on any atom is -0.385 e. The Morgan fingerprint density at radius 1 is 1.22 bits per heavy atom. The molecular formula is C13H22ClN3O. The molecule has 0 spiro atoms. The smallest absolute Gasteiger partial charge is 0.171 e. The fourth-order valence-corrected chi connectivity index (χ4v) is 1.71. The van der Waals surface area contributed by atoms with Crippen LogP contribution >= 0.6 is 11.6 Å². The van der Waals surface area contributed by atoms with Crippen molar-refractivity contribution >= 4 is 17.4 Å². The largest absolute Gasteiger partial charge is 0.385 e. The van der Waals surface area contributed by atoms with E-state index in [1.54, 1.807) is 7.11 Å². The standard InChI is InChI=1S/C13H22ClN3O/c1-9-10(2)17-12(11(14)16-9)15-8-13(3,4)6-7-18-5/h6-8H2,1-5H3,(H,15,17). The van der Waals surface area contributed by atoms with Crippen molar-refractivity contribution < 1.29 is 4.74 Å². The van der Waals surface area contributed by atoms with Gasteiger partial charge in [-0.25, -0.2) is 9.97 Å². The van der Waals surface area contributed by atoms with Gasteiger partial charge in [-0.1, -0.05) is 25.4 Å². The number of methoxy groups -OCH3 is 1. The third-order valence-corrected chi connectivity index (χ3v) is 3.25. The number of anilines is 1. The highest BCUT2D eigenvalue weighted by molar-refractivity contribution is 6.31. The molecular weight excluding hydrogens is 250 g/mol. The van der Waals surface area contributed by atoms with Crippen molar-refractivity contribution in [1.82, 2.24) is 9.97 Å². The van der Waals surface area contributed by atoms with E-state index in [-0.39, 0.29) is 5.41 Å². The molecule has 1 aromatic heterocycles. The Hall–Kier alpha value is -0.870. The fourth-order valence-electron chi connectivity index (χ4n) is 1.48. The molecule has 0 bridgehead atoms. The quantitative estimate of drug-likeness (QED) is 0.863. The lowest BCUT2D eigenvalue weighted by molar-refractivity contribution is 0.157. The average Bonchev–Trinajstić information content (AvgIpc) is 2.30. The number of aromatic nitrogens is 2. The number of ether oxygens (including phenoxy) is 1. The van der Waals surface area contributed by atoms with Crippen LogP contribution in [0.4, 0.5) is 5.82 Å². The maximum Gasteiger partial charge on any atom is 0.171 e. The number of hydrogen-bond donors (Lipinski definition) is 1. The van der Waals surface area contributed by atoms with Gasteiger partial charge in [0.2, 0.25) is 0 Å². The molecule has 0 aliphatic carbocycles. The number of nitrogens with zero attached hydrogens (tertiary/aromatic N) is 2. The van der Waals surface area contributed by atoms with Gasteiger partial charge in [-0.2, -0.15) is 0 Å². The summed E-state index contributed by atoms with van der Waals surface area (Å²) in [7, 11) is 1.72. The maximum atomic E-state index is 6.07. The molecule has 1 rings (SSSR count). The van der Waals surface area contributed by atoms with Crippen LogP contribution in [0.1, 0.15) is 31.7 Å². The lowest BCUT2D eigenvalue weighted by Gasteiger charge is -2.25. The van der Waals surface area contributed by atoms with Gasteiger partial charge in [0.15, 0.2) is 11.0 Å². The Labute approximate surface area is 114 Å². The highest BCUT2D eigenvalue weighted by Crippen LogP contribution is 2.23. The van der Waals surface area contributed by atoms with Gasteiger partial charge in [0, 0.05) is 20.3 Å². The predicted octanol–water partition coefficient (Wildman–Crippen LogP) is 3.22. The molecule has 0 aliphatic rings. The van der Waals surface area contributed by atoms with Crippen LogP contribution in [0, 0.1) is 19.3 Å². The number of aryl methyl sites for hydroxylation is 2. The summed E-state index contributed by atoms with van der Waals surface area (Å²) in [5.74, 6) is 0.658. The number of halogens is 1. The number of nitrogens with one attached hydrogen (secondary N) is 1. The second-order valence-electron chi connectivity index (χ2n) is 5.29. The molecule has 0 amide bonds. The van der Waals surface area contributed by atoms with Crippen LogP contribution in [0.3, 0.4) is 0 Å². The lowest BCUT2D eigenvalue weighted by atomic mass is 9.90. The first-order valence-corrected chi connectivity index (χ1v) is 6.47. The molecule has 102 valence electrons. The summed E-state index contributed by atoms with van der Waals surface area (Å²) in [5.41, 5.74) is 1.89. The molecule has 0 aromatic carbocycles. The Kier molecular flexibility index (Phi) is 5.35. The van der Waals surface area contributed by atoms with E-state index in [4.69, 9.17) is 16.3 Å². The monoisotopic (exact) mass is 271 g/mol. The molecule has 18 heavy (non-hydrogen) atoms. The van der Waals surface area contributed by atoms with Crippen LogP contribution in [0.5, 0.6) is 0 Å². The van der Waals surface area contributed by atoms with Crippen LogP contribution in [0.15, 0.2) is 0 Å². The van der Waals surface area contributed by atoms with Crippen molar-refractivity contribution in [1.29, 1.82) is 0 Å². The van der Waals surface area contributed by atoms with Gasteiger partial charge in [-0.15, -0.1) is 0 Å². The van der Waals surface area contributed by atoms with E-state index in [0.29, 0.717) is 11.0 Å². The van der Waals surface area contributed by atoms with E-state index in [9.17, 15) is 0 Å². The van der Waals surface area contributed by atoms with Crippen LogP contribution in [0.2, 0.25) is 5.15 Å².